The molecule has 0 amide bonds. The first-order valence-electron chi connectivity index (χ1n) is 7.22. The van der Waals surface area contributed by atoms with Crippen LogP contribution in [-0.4, -0.2) is 0 Å². The van der Waals surface area contributed by atoms with Crippen LogP contribution < -0.4 is 0 Å². The molecule has 2 aliphatic carbocycles. The molecular weight excluding hydrogens is 244 g/mol. The lowest BCUT2D eigenvalue weighted by molar-refractivity contribution is 0.610. The Morgan fingerprint density at radius 2 is 2.15 bits per heavy atom. The standard InChI is InChI=1S/C19H18O/c1-4-12-11-20-18-13(12)9-10-16-17(18)14-7-5-6-8-15(14)19(16,2)3/h4,6,8-11H,1,5,7H2,2-3H3. The molecule has 1 nitrogen and oxygen atoms in total. The molecule has 1 aromatic carbocycles. The highest BCUT2D eigenvalue weighted by atomic mass is 16.3. The zero-order chi connectivity index (χ0) is 13.9. The fourth-order valence-electron chi connectivity index (χ4n) is 3.75. The average Bonchev–Trinajstić information content (AvgIpc) is 2.97. The van der Waals surface area contributed by atoms with Crippen LogP contribution >= 0.6 is 0 Å². The summed E-state index contributed by atoms with van der Waals surface area (Å²) in [7, 11) is 0. The molecular formula is C19H18O. The minimum atomic E-state index is 0.0803. The predicted molar refractivity (Wildman–Crippen MR) is 84.6 cm³/mol. The van der Waals surface area contributed by atoms with Gasteiger partial charge in [0.05, 0.1) is 6.26 Å². The molecule has 4 rings (SSSR count). The van der Waals surface area contributed by atoms with Gasteiger partial charge < -0.3 is 4.42 Å². The highest BCUT2D eigenvalue weighted by molar-refractivity contribution is 6.00. The molecule has 0 spiro atoms. The molecule has 2 aromatic rings. The predicted octanol–water partition coefficient (Wildman–Crippen LogP) is 5.47. The summed E-state index contributed by atoms with van der Waals surface area (Å²) in [5.41, 5.74) is 7.86. The molecule has 100 valence electrons. The largest absolute Gasteiger partial charge is 0.463 e. The van der Waals surface area contributed by atoms with Crippen molar-refractivity contribution in [2.24, 2.45) is 0 Å². The Kier molecular flexibility index (Phi) is 2.21. The van der Waals surface area contributed by atoms with Gasteiger partial charge in [0.2, 0.25) is 0 Å². The van der Waals surface area contributed by atoms with E-state index in [-0.39, 0.29) is 5.41 Å². The lowest BCUT2D eigenvalue weighted by Crippen LogP contribution is -2.16. The summed E-state index contributed by atoms with van der Waals surface area (Å²) in [6, 6.07) is 4.45. The van der Waals surface area contributed by atoms with E-state index in [2.05, 4.69) is 44.7 Å². The second kappa shape index (κ2) is 3.76. The fraction of sp³-hybridized carbons (Fsp3) is 0.263. The minimum Gasteiger partial charge on any atom is -0.463 e. The number of rotatable bonds is 1. The molecule has 1 aromatic heterocycles. The van der Waals surface area contributed by atoms with Crippen LogP contribution in [0.5, 0.6) is 0 Å². The maximum atomic E-state index is 5.90. The average molecular weight is 262 g/mol. The number of benzene rings is 1. The zero-order valence-corrected chi connectivity index (χ0v) is 12.0. The normalized spacial score (nSPS) is 19.3. The summed E-state index contributed by atoms with van der Waals surface area (Å²) in [5, 5.41) is 1.18. The van der Waals surface area contributed by atoms with E-state index < -0.39 is 0 Å². The van der Waals surface area contributed by atoms with E-state index in [1.165, 1.54) is 27.7 Å². The third kappa shape index (κ3) is 1.28. The van der Waals surface area contributed by atoms with E-state index in [0.717, 1.165) is 24.0 Å². The molecule has 0 radical (unpaired) electrons. The van der Waals surface area contributed by atoms with E-state index in [9.17, 15) is 0 Å². The van der Waals surface area contributed by atoms with E-state index in [1.807, 2.05) is 12.3 Å². The first-order chi connectivity index (χ1) is 9.64. The highest BCUT2D eigenvalue weighted by Gasteiger charge is 2.38. The summed E-state index contributed by atoms with van der Waals surface area (Å²) in [6.45, 7) is 8.50. The molecule has 0 N–H and O–H groups in total. The van der Waals surface area contributed by atoms with Crippen LogP contribution in [-0.2, 0) is 5.41 Å². The van der Waals surface area contributed by atoms with Crippen LogP contribution in [0.3, 0.4) is 0 Å². The van der Waals surface area contributed by atoms with Crippen molar-refractivity contribution in [1.29, 1.82) is 0 Å². The number of hydrogen-bond donors (Lipinski definition) is 0. The molecule has 1 heterocycles. The molecule has 0 unspecified atom stereocenters. The second-order valence-corrected chi connectivity index (χ2v) is 6.22. The van der Waals surface area contributed by atoms with Crippen LogP contribution in [0.4, 0.5) is 0 Å². The molecule has 0 aliphatic heterocycles. The van der Waals surface area contributed by atoms with Crippen molar-refractivity contribution in [2.75, 3.05) is 0 Å². The third-order valence-electron chi connectivity index (χ3n) is 4.81. The Morgan fingerprint density at radius 1 is 1.30 bits per heavy atom. The molecule has 0 saturated heterocycles. The van der Waals surface area contributed by atoms with Crippen molar-refractivity contribution in [3.63, 3.8) is 0 Å². The maximum absolute atomic E-state index is 5.90. The quantitative estimate of drug-likeness (QED) is 0.664. The van der Waals surface area contributed by atoms with Gasteiger partial charge >= 0.3 is 0 Å². The number of allylic oxidation sites excluding steroid dienone is 4. The first-order valence-corrected chi connectivity index (χ1v) is 7.22. The van der Waals surface area contributed by atoms with Crippen molar-refractivity contribution in [2.45, 2.75) is 32.1 Å². The molecule has 0 bridgehead atoms. The van der Waals surface area contributed by atoms with Crippen molar-refractivity contribution >= 4 is 22.6 Å². The SMILES string of the molecule is C=Cc1coc2c3c(ccc12)C(C)(C)C1=C3CCC=C1. The molecule has 1 heteroatoms. The maximum Gasteiger partial charge on any atom is 0.142 e. The zero-order valence-electron chi connectivity index (χ0n) is 12.0. The van der Waals surface area contributed by atoms with Crippen molar-refractivity contribution in [1.82, 2.24) is 0 Å². The van der Waals surface area contributed by atoms with Gasteiger partial charge in [-0.05, 0) is 29.6 Å². The first kappa shape index (κ1) is 11.8. The summed E-state index contributed by atoms with van der Waals surface area (Å²) in [4.78, 5) is 0. The van der Waals surface area contributed by atoms with E-state index >= 15 is 0 Å². The second-order valence-electron chi connectivity index (χ2n) is 6.22. The van der Waals surface area contributed by atoms with Crippen molar-refractivity contribution in [3.8, 4) is 0 Å². The summed E-state index contributed by atoms with van der Waals surface area (Å²) in [5.74, 6) is 0. The van der Waals surface area contributed by atoms with E-state index in [0.29, 0.717) is 0 Å². The fourth-order valence-corrected chi connectivity index (χ4v) is 3.75. The number of furan rings is 1. The van der Waals surface area contributed by atoms with Crippen molar-refractivity contribution in [3.05, 3.63) is 59.4 Å². The third-order valence-corrected chi connectivity index (χ3v) is 4.81. The van der Waals surface area contributed by atoms with Gasteiger partial charge in [0.25, 0.3) is 0 Å². The molecule has 0 atom stereocenters. The van der Waals surface area contributed by atoms with Gasteiger partial charge in [-0.2, -0.15) is 0 Å². The summed E-state index contributed by atoms with van der Waals surface area (Å²) < 4.78 is 5.90. The molecule has 0 saturated carbocycles. The van der Waals surface area contributed by atoms with Gasteiger partial charge in [0, 0.05) is 21.9 Å². The molecule has 2 aliphatic rings. The van der Waals surface area contributed by atoms with Gasteiger partial charge in [0.1, 0.15) is 5.58 Å². The Labute approximate surface area is 119 Å². The summed E-state index contributed by atoms with van der Waals surface area (Å²) >= 11 is 0. The monoisotopic (exact) mass is 262 g/mol. The minimum absolute atomic E-state index is 0.0803. The Morgan fingerprint density at radius 3 is 2.95 bits per heavy atom. The lowest BCUT2D eigenvalue weighted by atomic mass is 9.80. The lowest BCUT2D eigenvalue weighted by Gasteiger charge is -2.23. The van der Waals surface area contributed by atoms with E-state index in [4.69, 9.17) is 4.42 Å². The van der Waals surface area contributed by atoms with Crippen LogP contribution in [0.15, 0.2) is 47.1 Å². The van der Waals surface area contributed by atoms with Gasteiger partial charge in [-0.1, -0.05) is 50.8 Å². The molecule has 0 fully saturated rings. The van der Waals surface area contributed by atoms with Gasteiger partial charge in [-0.15, -0.1) is 0 Å². The topological polar surface area (TPSA) is 13.1 Å². The van der Waals surface area contributed by atoms with Gasteiger partial charge in [-0.25, -0.2) is 0 Å². The number of fused-ring (bicyclic) bond motifs is 4. The Bertz CT molecular complexity index is 797. The van der Waals surface area contributed by atoms with Crippen LogP contribution in [0, 0.1) is 0 Å². The summed E-state index contributed by atoms with van der Waals surface area (Å²) in [6.07, 6.45) is 10.5. The van der Waals surface area contributed by atoms with Gasteiger partial charge in [0.15, 0.2) is 0 Å². The van der Waals surface area contributed by atoms with Crippen molar-refractivity contribution < 1.29 is 4.42 Å². The van der Waals surface area contributed by atoms with Crippen LogP contribution in [0.1, 0.15) is 43.4 Å². The van der Waals surface area contributed by atoms with Gasteiger partial charge in [-0.3, -0.25) is 0 Å². The van der Waals surface area contributed by atoms with Crippen LogP contribution in [0.2, 0.25) is 0 Å². The van der Waals surface area contributed by atoms with Crippen LogP contribution in [0.25, 0.3) is 22.6 Å². The molecule has 20 heavy (non-hydrogen) atoms. The Hall–Kier alpha value is -2.02. The number of hydrogen-bond acceptors (Lipinski definition) is 1. The smallest absolute Gasteiger partial charge is 0.142 e. The Balaban J connectivity index is 2.12. The highest BCUT2D eigenvalue weighted by Crippen LogP contribution is 2.52. The van der Waals surface area contributed by atoms with E-state index in [1.54, 1.807) is 0 Å².